The molecule has 6 nitrogen and oxygen atoms in total. The van der Waals surface area contributed by atoms with Crippen LogP contribution >= 0.6 is 11.8 Å². The van der Waals surface area contributed by atoms with Crippen LogP contribution in [0.4, 0.5) is 0 Å². The Morgan fingerprint density at radius 1 is 1.06 bits per heavy atom. The lowest BCUT2D eigenvalue weighted by molar-refractivity contribution is -0.139. The SMILES string of the molecule is Cc1noc(C)c1CSCC(=O)OCC(=O)c1c(-c2ccccc2)[nH]c2ccccc12. The maximum atomic E-state index is 13.0. The number of nitrogens with zero attached hydrogens (tertiary/aromatic N) is 1. The van der Waals surface area contributed by atoms with E-state index >= 15 is 0 Å². The standard InChI is InChI=1S/C24H22N2O4S/c1-15-19(16(2)30-26-15)13-31-14-22(28)29-12-21(27)23-18-10-6-7-11-20(18)25-24(23)17-8-4-3-5-9-17/h3-11,25H,12-14H2,1-2H3. The molecule has 2 heterocycles. The van der Waals surface area contributed by atoms with Crippen molar-refractivity contribution in [1.82, 2.24) is 10.1 Å². The van der Waals surface area contributed by atoms with Gasteiger partial charge in [-0.15, -0.1) is 11.8 Å². The minimum Gasteiger partial charge on any atom is -0.457 e. The average molecular weight is 435 g/mol. The van der Waals surface area contributed by atoms with E-state index in [9.17, 15) is 9.59 Å². The van der Waals surface area contributed by atoms with E-state index in [4.69, 9.17) is 9.26 Å². The third-order valence-electron chi connectivity index (χ3n) is 5.06. The second-order valence-electron chi connectivity index (χ2n) is 7.17. The number of H-pyrrole nitrogens is 1. The van der Waals surface area contributed by atoms with Gasteiger partial charge >= 0.3 is 5.97 Å². The van der Waals surface area contributed by atoms with Crippen LogP contribution in [0.5, 0.6) is 0 Å². The lowest BCUT2D eigenvalue weighted by Gasteiger charge is -2.07. The predicted molar refractivity (Wildman–Crippen MR) is 121 cm³/mol. The van der Waals surface area contributed by atoms with E-state index in [2.05, 4.69) is 10.1 Å². The Kier molecular flexibility index (Phi) is 6.23. The van der Waals surface area contributed by atoms with Crippen LogP contribution in [0.3, 0.4) is 0 Å². The molecule has 2 aromatic carbocycles. The fraction of sp³-hybridized carbons (Fsp3) is 0.208. The Hall–Kier alpha value is -3.32. The summed E-state index contributed by atoms with van der Waals surface area (Å²) in [7, 11) is 0. The molecule has 4 aromatic rings. The van der Waals surface area contributed by atoms with Gasteiger partial charge in [-0.3, -0.25) is 9.59 Å². The third kappa shape index (κ3) is 4.56. The third-order valence-corrected chi connectivity index (χ3v) is 5.99. The molecule has 1 N–H and O–H groups in total. The van der Waals surface area contributed by atoms with Crippen molar-refractivity contribution in [3.63, 3.8) is 0 Å². The summed E-state index contributed by atoms with van der Waals surface area (Å²) in [4.78, 5) is 28.6. The summed E-state index contributed by atoms with van der Waals surface area (Å²) < 4.78 is 10.4. The van der Waals surface area contributed by atoms with Crippen LogP contribution in [0.1, 0.15) is 27.4 Å². The molecule has 2 aromatic heterocycles. The van der Waals surface area contributed by atoms with Gasteiger partial charge in [-0.25, -0.2) is 0 Å². The van der Waals surface area contributed by atoms with Gasteiger partial charge in [0, 0.05) is 22.2 Å². The summed E-state index contributed by atoms with van der Waals surface area (Å²) in [6, 6.07) is 17.3. The zero-order chi connectivity index (χ0) is 21.8. The first kappa shape index (κ1) is 20.9. The van der Waals surface area contributed by atoms with Crippen LogP contribution in [0.2, 0.25) is 0 Å². The summed E-state index contributed by atoms with van der Waals surface area (Å²) in [5.74, 6) is 0.842. The summed E-state index contributed by atoms with van der Waals surface area (Å²) in [6.07, 6.45) is 0. The molecule has 0 unspecified atom stereocenters. The number of rotatable bonds is 8. The van der Waals surface area contributed by atoms with Gasteiger partial charge < -0.3 is 14.2 Å². The zero-order valence-corrected chi connectivity index (χ0v) is 18.1. The fourth-order valence-electron chi connectivity index (χ4n) is 3.46. The number of thioether (sulfide) groups is 1. The number of ether oxygens (including phenoxy) is 1. The summed E-state index contributed by atoms with van der Waals surface area (Å²) in [6.45, 7) is 3.42. The number of hydrogen-bond donors (Lipinski definition) is 1. The van der Waals surface area contributed by atoms with E-state index in [1.54, 1.807) is 0 Å². The number of benzene rings is 2. The number of ketones is 1. The highest BCUT2D eigenvalue weighted by Gasteiger charge is 2.21. The maximum Gasteiger partial charge on any atom is 0.316 e. The van der Waals surface area contributed by atoms with Crippen molar-refractivity contribution in [3.8, 4) is 11.3 Å². The first-order chi connectivity index (χ1) is 15.0. The summed E-state index contributed by atoms with van der Waals surface area (Å²) >= 11 is 1.41. The highest BCUT2D eigenvalue weighted by atomic mass is 32.2. The number of Topliss-reactive ketones (excluding diaryl/α,β-unsaturated/α-hetero) is 1. The first-order valence-corrected chi connectivity index (χ1v) is 11.0. The van der Waals surface area contributed by atoms with Crippen LogP contribution in [-0.2, 0) is 15.3 Å². The number of esters is 1. The van der Waals surface area contributed by atoms with E-state index in [-0.39, 0.29) is 18.1 Å². The number of hydrogen-bond acceptors (Lipinski definition) is 6. The Bertz CT molecular complexity index is 1210. The molecule has 0 saturated carbocycles. The van der Waals surface area contributed by atoms with E-state index in [0.29, 0.717) is 11.3 Å². The van der Waals surface area contributed by atoms with Crippen LogP contribution in [-0.4, -0.2) is 34.3 Å². The number of aromatic amines is 1. The minimum absolute atomic E-state index is 0.150. The highest BCUT2D eigenvalue weighted by Crippen LogP contribution is 2.30. The molecule has 0 aliphatic heterocycles. The Labute approximate surface area is 184 Å². The Morgan fingerprint density at radius 3 is 2.55 bits per heavy atom. The molecular formula is C24H22N2O4S. The van der Waals surface area contributed by atoms with Gasteiger partial charge in [-0.1, -0.05) is 53.7 Å². The molecule has 0 amide bonds. The second kappa shape index (κ2) is 9.22. The molecule has 4 rings (SSSR count). The van der Waals surface area contributed by atoms with Crippen molar-refractivity contribution >= 4 is 34.4 Å². The predicted octanol–water partition coefficient (Wildman–Crippen LogP) is 5.10. The maximum absolute atomic E-state index is 13.0. The van der Waals surface area contributed by atoms with Gasteiger partial charge in [0.25, 0.3) is 0 Å². The lowest BCUT2D eigenvalue weighted by atomic mass is 10.0. The van der Waals surface area contributed by atoms with Gasteiger partial charge in [0.15, 0.2) is 6.61 Å². The number of carbonyl (C=O) groups excluding carboxylic acids is 2. The number of nitrogens with one attached hydrogen (secondary N) is 1. The molecule has 0 bridgehead atoms. The molecule has 0 aliphatic carbocycles. The number of para-hydroxylation sites is 1. The Balaban J connectivity index is 1.43. The van der Waals surface area contributed by atoms with Crippen molar-refractivity contribution in [2.45, 2.75) is 19.6 Å². The first-order valence-electron chi connectivity index (χ1n) is 9.89. The molecule has 31 heavy (non-hydrogen) atoms. The minimum atomic E-state index is -0.425. The van der Waals surface area contributed by atoms with Gasteiger partial charge in [0.05, 0.1) is 22.7 Å². The molecule has 0 aliphatic rings. The zero-order valence-electron chi connectivity index (χ0n) is 17.3. The van der Waals surface area contributed by atoms with Crippen LogP contribution in [0, 0.1) is 13.8 Å². The summed E-state index contributed by atoms with van der Waals surface area (Å²) in [5.41, 5.74) is 4.85. The van der Waals surface area contributed by atoms with Crippen molar-refractivity contribution in [1.29, 1.82) is 0 Å². The van der Waals surface area contributed by atoms with E-state index in [1.165, 1.54) is 11.8 Å². The monoisotopic (exact) mass is 434 g/mol. The molecule has 0 spiro atoms. The van der Waals surface area contributed by atoms with Gasteiger partial charge in [-0.2, -0.15) is 0 Å². The fourth-order valence-corrected chi connectivity index (χ4v) is 4.43. The van der Waals surface area contributed by atoms with Crippen LogP contribution in [0.25, 0.3) is 22.2 Å². The quantitative estimate of drug-likeness (QED) is 0.307. The van der Waals surface area contributed by atoms with Gasteiger partial charge in [0.2, 0.25) is 5.78 Å². The van der Waals surface area contributed by atoms with E-state index in [1.807, 2.05) is 68.4 Å². The second-order valence-corrected chi connectivity index (χ2v) is 8.15. The van der Waals surface area contributed by atoms with E-state index in [0.717, 1.165) is 39.2 Å². The van der Waals surface area contributed by atoms with Crippen molar-refractivity contribution in [2.24, 2.45) is 0 Å². The van der Waals surface area contributed by atoms with Gasteiger partial charge in [0.1, 0.15) is 5.76 Å². The topological polar surface area (TPSA) is 85.2 Å². The molecule has 0 saturated heterocycles. The van der Waals surface area contributed by atoms with Crippen molar-refractivity contribution in [3.05, 3.63) is 77.2 Å². The molecule has 0 atom stereocenters. The lowest BCUT2D eigenvalue weighted by Crippen LogP contribution is -2.16. The molecule has 158 valence electrons. The average Bonchev–Trinajstić information content (AvgIpc) is 3.33. The number of aryl methyl sites for hydroxylation is 2. The molecule has 0 radical (unpaired) electrons. The number of aromatic nitrogens is 2. The molecular weight excluding hydrogens is 412 g/mol. The molecule has 7 heteroatoms. The largest absolute Gasteiger partial charge is 0.457 e. The normalized spacial score (nSPS) is 11.0. The van der Waals surface area contributed by atoms with Crippen LogP contribution in [0.15, 0.2) is 59.1 Å². The van der Waals surface area contributed by atoms with Crippen LogP contribution < -0.4 is 0 Å². The van der Waals surface area contributed by atoms with Crippen molar-refractivity contribution < 1.29 is 18.8 Å². The van der Waals surface area contributed by atoms with Gasteiger partial charge in [-0.05, 0) is 25.5 Å². The highest BCUT2D eigenvalue weighted by molar-refractivity contribution is 7.99. The number of carbonyl (C=O) groups is 2. The van der Waals surface area contributed by atoms with E-state index < -0.39 is 5.97 Å². The molecule has 0 fully saturated rings. The summed E-state index contributed by atoms with van der Waals surface area (Å²) in [5, 5.41) is 4.72. The number of fused-ring (bicyclic) bond motifs is 1. The Morgan fingerprint density at radius 2 is 1.81 bits per heavy atom. The smallest absolute Gasteiger partial charge is 0.316 e. The van der Waals surface area contributed by atoms with Crippen molar-refractivity contribution in [2.75, 3.05) is 12.4 Å².